The van der Waals surface area contributed by atoms with E-state index in [9.17, 15) is 14.4 Å². The molecule has 1 spiro atoms. The Morgan fingerprint density at radius 3 is 2.69 bits per heavy atom. The van der Waals surface area contributed by atoms with Gasteiger partial charge in [-0.2, -0.15) is 0 Å². The Morgan fingerprint density at radius 2 is 2.03 bits per heavy atom. The Balaban J connectivity index is 1.32. The molecule has 8 nitrogen and oxygen atoms in total. The summed E-state index contributed by atoms with van der Waals surface area (Å²) in [5, 5.41) is 2.75. The van der Waals surface area contributed by atoms with Gasteiger partial charge in [0.05, 0.1) is 6.54 Å². The fourth-order valence-corrected chi connectivity index (χ4v) is 4.73. The van der Waals surface area contributed by atoms with E-state index >= 15 is 0 Å². The number of carbonyl (C=O) groups is 3. The highest BCUT2D eigenvalue weighted by Gasteiger charge is 2.43. The molecule has 0 radical (unpaired) electrons. The van der Waals surface area contributed by atoms with Crippen molar-refractivity contribution in [3.05, 3.63) is 30.1 Å². The second-order valence-corrected chi connectivity index (χ2v) is 8.59. The van der Waals surface area contributed by atoms with E-state index in [1.165, 1.54) is 0 Å². The van der Waals surface area contributed by atoms with Gasteiger partial charge in [-0.15, -0.1) is 0 Å². The zero-order valence-corrected chi connectivity index (χ0v) is 17.0. The maximum atomic E-state index is 12.8. The third kappa shape index (κ3) is 4.21. The highest BCUT2D eigenvalue weighted by atomic mass is 16.2. The molecule has 1 atom stereocenters. The van der Waals surface area contributed by atoms with Gasteiger partial charge < -0.3 is 20.0 Å². The van der Waals surface area contributed by atoms with Gasteiger partial charge in [0.1, 0.15) is 6.04 Å². The molecule has 8 heteroatoms. The number of hydrogen-bond donors (Lipinski definition) is 1. The van der Waals surface area contributed by atoms with Crippen LogP contribution in [0.4, 0.5) is 4.79 Å². The summed E-state index contributed by atoms with van der Waals surface area (Å²) in [6.07, 6.45) is 5.84. The van der Waals surface area contributed by atoms with Gasteiger partial charge in [-0.1, -0.05) is 6.07 Å². The molecule has 0 aliphatic carbocycles. The van der Waals surface area contributed by atoms with E-state index in [2.05, 4.69) is 10.3 Å². The Labute approximate surface area is 171 Å². The molecule has 1 N–H and O–H groups in total. The molecule has 3 aliphatic rings. The maximum absolute atomic E-state index is 12.8. The molecule has 1 aromatic heterocycles. The van der Waals surface area contributed by atoms with Crippen molar-refractivity contribution in [2.45, 2.75) is 38.1 Å². The molecule has 0 aromatic carbocycles. The molecule has 4 heterocycles. The summed E-state index contributed by atoms with van der Waals surface area (Å²) >= 11 is 0. The van der Waals surface area contributed by atoms with Crippen LogP contribution in [0.25, 0.3) is 0 Å². The lowest BCUT2D eigenvalue weighted by Crippen LogP contribution is -2.55. The Morgan fingerprint density at radius 1 is 1.24 bits per heavy atom. The Bertz CT molecular complexity index is 776. The van der Waals surface area contributed by atoms with Gasteiger partial charge in [0.25, 0.3) is 0 Å². The number of piperidine rings is 2. The first-order valence-corrected chi connectivity index (χ1v) is 10.4. The number of aromatic nitrogens is 1. The fourth-order valence-electron chi connectivity index (χ4n) is 4.73. The van der Waals surface area contributed by atoms with Gasteiger partial charge in [0, 0.05) is 58.0 Å². The average Bonchev–Trinajstić information content (AvgIpc) is 3.08. The van der Waals surface area contributed by atoms with Gasteiger partial charge in [-0.3, -0.25) is 14.6 Å². The zero-order valence-electron chi connectivity index (χ0n) is 17.0. The van der Waals surface area contributed by atoms with E-state index in [0.717, 1.165) is 37.9 Å². The number of nitrogens with one attached hydrogen (secondary N) is 1. The summed E-state index contributed by atoms with van der Waals surface area (Å²) < 4.78 is 0. The van der Waals surface area contributed by atoms with Gasteiger partial charge in [0.2, 0.25) is 11.8 Å². The average molecular weight is 399 g/mol. The van der Waals surface area contributed by atoms with Crippen molar-refractivity contribution in [2.24, 2.45) is 5.41 Å². The van der Waals surface area contributed by atoms with E-state index in [1.54, 1.807) is 18.1 Å². The number of hydrogen-bond acceptors (Lipinski definition) is 4. The van der Waals surface area contributed by atoms with Gasteiger partial charge in [-0.05, 0) is 36.8 Å². The number of rotatable bonds is 4. The van der Waals surface area contributed by atoms with Crippen molar-refractivity contribution in [3.8, 4) is 0 Å². The monoisotopic (exact) mass is 399 g/mol. The van der Waals surface area contributed by atoms with Crippen LogP contribution in [0.15, 0.2) is 24.4 Å². The minimum atomic E-state index is -0.440. The van der Waals surface area contributed by atoms with Crippen molar-refractivity contribution in [1.29, 1.82) is 0 Å². The lowest BCUT2D eigenvalue weighted by Gasteiger charge is -2.47. The number of amides is 4. The summed E-state index contributed by atoms with van der Waals surface area (Å²) in [7, 11) is 1.70. The highest BCUT2D eigenvalue weighted by molar-refractivity contribution is 5.90. The Kier molecular flexibility index (Phi) is 5.43. The Hall–Kier alpha value is -2.64. The van der Waals surface area contributed by atoms with E-state index in [-0.39, 0.29) is 23.3 Å². The topological polar surface area (TPSA) is 85.8 Å². The summed E-state index contributed by atoms with van der Waals surface area (Å²) in [5.41, 5.74) is 1.11. The second kappa shape index (κ2) is 8.00. The van der Waals surface area contributed by atoms with Gasteiger partial charge >= 0.3 is 6.03 Å². The second-order valence-electron chi connectivity index (χ2n) is 8.59. The van der Waals surface area contributed by atoms with Crippen LogP contribution in [-0.2, 0) is 16.0 Å². The number of carbonyl (C=O) groups excluding carboxylic acids is 3. The molecule has 29 heavy (non-hydrogen) atoms. The van der Waals surface area contributed by atoms with Crippen LogP contribution in [0, 0.1) is 5.41 Å². The molecular formula is C21H29N5O3. The lowest BCUT2D eigenvalue weighted by molar-refractivity contribution is -0.143. The van der Waals surface area contributed by atoms with Crippen molar-refractivity contribution in [2.75, 3.05) is 39.8 Å². The van der Waals surface area contributed by atoms with Crippen LogP contribution in [0.3, 0.4) is 0 Å². The maximum Gasteiger partial charge on any atom is 0.317 e. The third-order valence-corrected chi connectivity index (χ3v) is 6.65. The number of likely N-dealkylation sites (N-methyl/N-ethyl adjacent to an activating group) is 1. The van der Waals surface area contributed by atoms with Crippen molar-refractivity contribution in [1.82, 2.24) is 25.0 Å². The third-order valence-electron chi connectivity index (χ3n) is 6.65. The van der Waals surface area contributed by atoms with Crippen LogP contribution in [-0.4, -0.2) is 83.3 Å². The smallest absolute Gasteiger partial charge is 0.317 e. The van der Waals surface area contributed by atoms with Gasteiger partial charge in [-0.25, -0.2) is 4.79 Å². The minimum absolute atomic E-state index is 0.0106. The zero-order chi connectivity index (χ0) is 20.4. The minimum Gasteiger partial charge on any atom is -0.342 e. The molecule has 156 valence electrons. The van der Waals surface area contributed by atoms with E-state index in [4.69, 9.17) is 0 Å². The first kappa shape index (κ1) is 19.7. The molecule has 3 fully saturated rings. The summed E-state index contributed by atoms with van der Waals surface area (Å²) in [6.45, 7) is 3.27. The molecule has 0 saturated carbocycles. The fraction of sp³-hybridized carbons (Fsp3) is 0.619. The predicted octanol–water partition coefficient (Wildman–Crippen LogP) is 0.879. The van der Waals surface area contributed by atoms with Crippen LogP contribution in [0.2, 0.25) is 0 Å². The first-order chi connectivity index (χ1) is 14.0. The molecule has 3 saturated heterocycles. The summed E-state index contributed by atoms with van der Waals surface area (Å²) in [4.78, 5) is 46.6. The predicted molar refractivity (Wildman–Crippen MR) is 107 cm³/mol. The number of likely N-dealkylation sites (tertiary alicyclic amines) is 2. The van der Waals surface area contributed by atoms with Crippen molar-refractivity contribution < 1.29 is 14.4 Å². The van der Waals surface area contributed by atoms with Crippen LogP contribution < -0.4 is 5.32 Å². The molecule has 0 bridgehead atoms. The summed E-state index contributed by atoms with van der Waals surface area (Å²) in [6, 6.07) is 5.23. The summed E-state index contributed by atoms with van der Waals surface area (Å²) in [5.74, 6) is 0.234. The molecule has 0 unspecified atom stereocenters. The molecule has 1 aromatic rings. The number of urea groups is 1. The molecule has 4 rings (SSSR count). The van der Waals surface area contributed by atoms with E-state index < -0.39 is 6.04 Å². The molecular weight excluding hydrogens is 370 g/mol. The standard InChI is InChI=1S/C21H29N5O3/c1-24-14-17(23-20(24)29)19(28)25-12-8-21(9-13-25)7-5-18(27)26(15-21)11-6-16-4-2-3-10-22-16/h2-4,10,17H,5-9,11-15H2,1H3,(H,23,29)/t17-/m0/s1. The quantitative estimate of drug-likeness (QED) is 0.814. The SMILES string of the molecule is CN1C[C@@H](C(=O)N2CCC3(CCC(=O)N(CCc4ccccn4)C3)CC2)NC1=O. The van der Waals surface area contributed by atoms with Crippen LogP contribution in [0.5, 0.6) is 0 Å². The first-order valence-electron chi connectivity index (χ1n) is 10.4. The van der Waals surface area contributed by atoms with E-state index in [0.29, 0.717) is 32.6 Å². The van der Waals surface area contributed by atoms with E-state index in [1.807, 2.05) is 28.0 Å². The highest BCUT2D eigenvalue weighted by Crippen LogP contribution is 2.40. The molecule has 4 amide bonds. The molecule has 3 aliphatic heterocycles. The van der Waals surface area contributed by atoms with Gasteiger partial charge in [0.15, 0.2) is 0 Å². The number of pyridine rings is 1. The lowest BCUT2D eigenvalue weighted by atomic mass is 9.72. The van der Waals surface area contributed by atoms with Crippen LogP contribution >= 0.6 is 0 Å². The van der Waals surface area contributed by atoms with Crippen molar-refractivity contribution >= 4 is 17.8 Å². The normalized spacial score (nSPS) is 24.2. The van der Waals surface area contributed by atoms with Crippen molar-refractivity contribution in [3.63, 3.8) is 0 Å². The van der Waals surface area contributed by atoms with Crippen LogP contribution in [0.1, 0.15) is 31.4 Å². The largest absolute Gasteiger partial charge is 0.342 e. The number of nitrogens with zero attached hydrogens (tertiary/aromatic N) is 4.